The van der Waals surface area contributed by atoms with Crippen molar-refractivity contribution in [1.82, 2.24) is 20.2 Å². The van der Waals surface area contributed by atoms with E-state index in [4.69, 9.17) is 0 Å². The second kappa shape index (κ2) is 11.8. The number of para-hydroxylation sites is 2. The van der Waals surface area contributed by atoms with Crippen LogP contribution in [0.3, 0.4) is 0 Å². The number of carbonyl (C=O) groups excluding carboxylic acids is 3. The van der Waals surface area contributed by atoms with Crippen molar-refractivity contribution in [2.75, 3.05) is 54.8 Å². The maximum atomic E-state index is 12.8. The van der Waals surface area contributed by atoms with Crippen molar-refractivity contribution in [2.24, 2.45) is 0 Å². The monoisotopic (exact) mass is 487 g/mol. The van der Waals surface area contributed by atoms with E-state index in [0.29, 0.717) is 45.1 Å². The Kier molecular flexibility index (Phi) is 8.07. The standard InChI is InChI=1S/C26H29N7O3/c1-19(34)27-13-14-28-22-10-6-5-9-21(22)24-29-12-11-23(30-24)31-25(35)26(36)33-17-15-32(16-18-33)20-7-3-2-4-8-20/h2-12,28H,13-18H2,1H3,(H,27,34)(H,29,30,31,35). The number of piperazine rings is 1. The molecular weight excluding hydrogens is 458 g/mol. The Labute approximate surface area is 209 Å². The number of hydrogen-bond acceptors (Lipinski definition) is 7. The normalized spacial score (nSPS) is 13.1. The van der Waals surface area contributed by atoms with Crippen molar-refractivity contribution in [3.63, 3.8) is 0 Å². The molecule has 0 spiro atoms. The molecule has 3 N–H and O–H groups in total. The second-order valence-electron chi connectivity index (χ2n) is 8.29. The second-order valence-corrected chi connectivity index (χ2v) is 8.29. The Bertz CT molecular complexity index is 1210. The lowest BCUT2D eigenvalue weighted by Crippen LogP contribution is -2.51. The Morgan fingerprint density at radius 1 is 0.889 bits per heavy atom. The number of amides is 3. The molecule has 1 saturated heterocycles. The minimum atomic E-state index is -0.727. The molecule has 1 aliphatic rings. The molecule has 2 heterocycles. The van der Waals surface area contributed by atoms with Gasteiger partial charge in [-0.15, -0.1) is 0 Å². The fourth-order valence-corrected chi connectivity index (χ4v) is 3.95. The van der Waals surface area contributed by atoms with Crippen molar-refractivity contribution in [3.8, 4) is 11.4 Å². The molecular formula is C26H29N7O3. The van der Waals surface area contributed by atoms with Crippen LogP contribution in [0.1, 0.15) is 6.92 Å². The molecule has 10 heteroatoms. The van der Waals surface area contributed by atoms with Crippen molar-refractivity contribution >= 4 is 34.9 Å². The summed E-state index contributed by atoms with van der Waals surface area (Å²) < 4.78 is 0. The molecule has 0 aliphatic carbocycles. The summed E-state index contributed by atoms with van der Waals surface area (Å²) in [5, 5.41) is 8.61. The van der Waals surface area contributed by atoms with E-state index in [1.807, 2.05) is 54.6 Å². The van der Waals surface area contributed by atoms with E-state index < -0.39 is 11.8 Å². The first kappa shape index (κ1) is 24.6. The van der Waals surface area contributed by atoms with Gasteiger partial charge >= 0.3 is 11.8 Å². The third kappa shape index (κ3) is 6.35. The van der Waals surface area contributed by atoms with E-state index in [1.54, 1.807) is 11.0 Å². The van der Waals surface area contributed by atoms with E-state index in [2.05, 4.69) is 30.8 Å². The van der Waals surface area contributed by atoms with Crippen LogP contribution in [-0.2, 0) is 14.4 Å². The van der Waals surface area contributed by atoms with Gasteiger partial charge in [0.05, 0.1) is 0 Å². The van der Waals surface area contributed by atoms with E-state index in [0.717, 1.165) is 16.9 Å². The highest BCUT2D eigenvalue weighted by Gasteiger charge is 2.26. The molecule has 186 valence electrons. The number of carbonyl (C=O) groups is 3. The molecule has 0 atom stereocenters. The predicted octanol–water partition coefficient (Wildman–Crippen LogP) is 1.98. The summed E-state index contributed by atoms with van der Waals surface area (Å²) in [7, 11) is 0. The molecule has 36 heavy (non-hydrogen) atoms. The van der Waals surface area contributed by atoms with Crippen LogP contribution in [0.25, 0.3) is 11.4 Å². The van der Waals surface area contributed by atoms with Gasteiger partial charge in [-0.2, -0.15) is 0 Å². The summed E-state index contributed by atoms with van der Waals surface area (Å²) in [4.78, 5) is 49.1. The highest BCUT2D eigenvalue weighted by Crippen LogP contribution is 2.25. The lowest BCUT2D eigenvalue weighted by molar-refractivity contribution is -0.143. The van der Waals surface area contributed by atoms with Crippen LogP contribution in [0.15, 0.2) is 66.9 Å². The third-order valence-corrected chi connectivity index (χ3v) is 5.76. The quantitative estimate of drug-likeness (QED) is 0.344. The molecule has 1 aromatic heterocycles. The summed E-state index contributed by atoms with van der Waals surface area (Å²) in [6.45, 7) is 4.72. The van der Waals surface area contributed by atoms with Gasteiger partial charge in [-0.05, 0) is 30.3 Å². The molecule has 0 saturated carbocycles. The Morgan fingerprint density at radius 3 is 2.36 bits per heavy atom. The molecule has 1 fully saturated rings. The zero-order valence-corrected chi connectivity index (χ0v) is 20.1. The molecule has 0 radical (unpaired) electrons. The van der Waals surface area contributed by atoms with Gasteiger partial charge in [0.25, 0.3) is 0 Å². The summed E-state index contributed by atoms with van der Waals surface area (Å²) in [6, 6.07) is 19.0. The van der Waals surface area contributed by atoms with Gasteiger partial charge in [0, 0.05) is 69.3 Å². The van der Waals surface area contributed by atoms with Gasteiger partial charge in [0.2, 0.25) is 5.91 Å². The highest BCUT2D eigenvalue weighted by atomic mass is 16.2. The number of rotatable bonds is 7. The fourth-order valence-electron chi connectivity index (χ4n) is 3.95. The van der Waals surface area contributed by atoms with Crippen LogP contribution < -0.4 is 20.9 Å². The average molecular weight is 488 g/mol. The topological polar surface area (TPSA) is 120 Å². The lowest BCUT2D eigenvalue weighted by atomic mass is 10.1. The van der Waals surface area contributed by atoms with Gasteiger partial charge < -0.3 is 25.8 Å². The van der Waals surface area contributed by atoms with Crippen LogP contribution >= 0.6 is 0 Å². The molecule has 4 rings (SSSR count). The number of benzene rings is 2. The van der Waals surface area contributed by atoms with Gasteiger partial charge in [-0.25, -0.2) is 9.97 Å². The van der Waals surface area contributed by atoms with E-state index in [-0.39, 0.29) is 11.7 Å². The summed E-state index contributed by atoms with van der Waals surface area (Å²) in [6.07, 6.45) is 1.54. The largest absolute Gasteiger partial charge is 0.383 e. The van der Waals surface area contributed by atoms with Crippen LogP contribution in [0.4, 0.5) is 17.2 Å². The molecule has 0 bridgehead atoms. The van der Waals surface area contributed by atoms with Crippen molar-refractivity contribution in [1.29, 1.82) is 0 Å². The first-order chi connectivity index (χ1) is 17.5. The van der Waals surface area contributed by atoms with Crippen molar-refractivity contribution in [2.45, 2.75) is 6.92 Å². The number of hydrogen-bond donors (Lipinski definition) is 3. The third-order valence-electron chi connectivity index (χ3n) is 5.76. The van der Waals surface area contributed by atoms with Crippen molar-refractivity contribution < 1.29 is 14.4 Å². The zero-order valence-electron chi connectivity index (χ0n) is 20.1. The number of nitrogens with zero attached hydrogens (tertiary/aromatic N) is 4. The highest BCUT2D eigenvalue weighted by molar-refractivity contribution is 6.39. The minimum Gasteiger partial charge on any atom is -0.383 e. The number of nitrogens with one attached hydrogen (secondary N) is 3. The Morgan fingerprint density at radius 2 is 1.61 bits per heavy atom. The first-order valence-electron chi connectivity index (χ1n) is 11.8. The minimum absolute atomic E-state index is 0.0931. The van der Waals surface area contributed by atoms with Gasteiger partial charge in [0.15, 0.2) is 5.82 Å². The molecule has 0 unspecified atom stereocenters. The van der Waals surface area contributed by atoms with Crippen LogP contribution in [-0.4, -0.2) is 71.9 Å². The number of aromatic nitrogens is 2. The van der Waals surface area contributed by atoms with E-state index in [1.165, 1.54) is 13.1 Å². The SMILES string of the molecule is CC(=O)NCCNc1ccccc1-c1nccc(NC(=O)C(=O)N2CCN(c3ccccc3)CC2)n1. The average Bonchev–Trinajstić information content (AvgIpc) is 2.91. The molecule has 2 aromatic carbocycles. The Balaban J connectivity index is 1.36. The van der Waals surface area contributed by atoms with Crippen molar-refractivity contribution in [3.05, 3.63) is 66.9 Å². The summed E-state index contributed by atoms with van der Waals surface area (Å²) in [5.41, 5.74) is 2.63. The first-order valence-corrected chi connectivity index (χ1v) is 11.8. The molecule has 3 aromatic rings. The van der Waals surface area contributed by atoms with Gasteiger partial charge in [-0.1, -0.05) is 30.3 Å². The van der Waals surface area contributed by atoms with Crippen LogP contribution in [0.2, 0.25) is 0 Å². The fraction of sp³-hybridized carbons (Fsp3) is 0.269. The van der Waals surface area contributed by atoms with E-state index in [9.17, 15) is 14.4 Å². The maximum absolute atomic E-state index is 12.8. The lowest BCUT2D eigenvalue weighted by Gasteiger charge is -2.35. The summed E-state index contributed by atoms with van der Waals surface area (Å²) >= 11 is 0. The zero-order chi connectivity index (χ0) is 25.3. The van der Waals surface area contributed by atoms with Crippen LogP contribution in [0, 0.1) is 0 Å². The summed E-state index contributed by atoms with van der Waals surface area (Å²) in [5.74, 6) is -0.754. The van der Waals surface area contributed by atoms with Crippen LogP contribution in [0.5, 0.6) is 0 Å². The smallest absolute Gasteiger partial charge is 0.315 e. The number of anilines is 3. The predicted molar refractivity (Wildman–Crippen MR) is 139 cm³/mol. The molecule has 3 amide bonds. The Hall–Kier alpha value is -4.47. The van der Waals surface area contributed by atoms with Gasteiger partial charge in [-0.3, -0.25) is 14.4 Å². The maximum Gasteiger partial charge on any atom is 0.315 e. The van der Waals surface area contributed by atoms with E-state index >= 15 is 0 Å². The molecule has 10 nitrogen and oxygen atoms in total. The molecule has 1 aliphatic heterocycles. The van der Waals surface area contributed by atoms with Gasteiger partial charge in [0.1, 0.15) is 5.82 Å².